The van der Waals surface area contributed by atoms with Crippen LogP contribution in [-0.2, 0) is 6.54 Å². The topological polar surface area (TPSA) is 39.9 Å². The fraction of sp³-hybridized carbons (Fsp3) is 0.100. The van der Waals surface area contributed by atoms with E-state index in [4.69, 9.17) is 4.74 Å². The van der Waals surface area contributed by atoms with E-state index in [1.807, 2.05) is 30.3 Å². The lowest BCUT2D eigenvalue weighted by atomic mass is 10.2. The summed E-state index contributed by atoms with van der Waals surface area (Å²) in [7, 11) is 0. The van der Waals surface area contributed by atoms with Gasteiger partial charge in [-0.05, 0) is 41.8 Å². The van der Waals surface area contributed by atoms with Crippen LogP contribution >= 0.6 is 0 Å². The van der Waals surface area contributed by atoms with E-state index in [1.54, 1.807) is 12.4 Å². The quantitative estimate of drug-likeness (QED) is 0.555. The molecule has 0 N–H and O–H groups in total. The molecule has 0 radical (unpaired) electrons. The van der Waals surface area contributed by atoms with Crippen molar-refractivity contribution in [3.05, 3.63) is 79.3 Å². The van der Waals surface area contributed by atoms with Crippen molar-refractivity contribution in [2.75, 3.05) is 6.61 Å². The molecule has 0 atom stereocenters. The Labute approximate surface area is 140 Å². The van der Waals surface area contributed by atoms with Crippen LogP contribution in [0.5, 0.6) is 5.75 Å². The van der Waals surface area contributed by atoms with Gasteiger partial charge in [-0.25, -0.2) is 0 Å². The zero-order valence-electron chi connectivity index (χ0n) is 13.2. The number of hydrogen-bond donors (Lipinski definition) is 0. The van der Waals surface area contributed by atoms with Crippen molar-refractivity contribution in [3.63, 3.8) is 0 Å². The summed E-state index contributed by atoms with van der Waals surface area (Å²) in [5.74, 6) is 0.770. The summed E-state index contributed by atoms with van der Waals surface area (Å²) in [6.45, 7) is 1.40. The minimum atomic E-state index is 0.600. The molecule has 0 bridgehead atoms. The number of para-hydroxylation sites is 1. The van der Waals surface area contributed by atoms with Crippen LogP contribution in [0.1, 0.15) is 0 Å². The van der Waals surface area contributed by atoms with Crippen molar-refractivity contribution in [2.24, 2.45) is 0 Å². The summed E-state index contributed by atoms with van der Waals surface area (Å²) in [4.78, 5) is 8.72. The second-order valence-electron chi connectivity index (χ2n) is 5.51. The predicted octanol–water partition coefficient (Wildman–Crippen LogP) is 4.18. The lowest BCUT2D eigenvalue weighted by molar-refractivity contribution is 0.299. The summed E-state index contributed by atoms with van der Waals surface area (Å²) in [5, 5.41) is 1.25. The molecule has 0 saturated carbocycles. The average molecular weight is 315 g/mol. The Morgan fingerprint density at radius 1 is 0.833 bits per heavy atom. The summed E-state index contributed by atoms with van der Waals surface area (Å²) in [5.41, 5.74) is 2.94. The average Bonchev–Trinajstić information content (AvgIpc) is 3.06. The summed E-state index contributed by atoms with van der Waals surface area (Å²) in [6, 6.07) is 20.1. The van der Waals surface area contributed by atoms with E-state index in [0.717, 1.165) is 23.7 Å². The maximum atomic E-state index is 5.82. The number of benzene rings is 1. The second-order valence-corrected chi connectivity index (χ2v) is 5.51. The Morgan fingerprint density at radius 3 is 2.54 bits per heavy atom. The Morgan fingerprint density at radius 2 is 1.71 bits per heavy atom. The van der Waals surface area contributed by atoms with Crippen LogP contribution in [0.3, 0.4) is 0 Å². The van der Waals surface area contributed by atoms with Gasteiger partial charge < -0.3 is 9.30 Å². The number of hydrogen-bond acceptors (Lipinski definition) is 3. The number of rotatable bonds is 5. The third-order valence-corrected chi connectivity index (χ3v) is 3.94. The van der Waals surface area contributed by atoms with E-state index >= 15 is 0 Å². The first kappa shape index (κ1) is 14.5. The van der Waals surface area contributed by atoms with Crippen LogP contribution in [0.25, 0.3) is 22.3 Å². The monoisotopic (exact) mass is 315 g/mol. The molecule has 3 aromatic heterocycles. The Hall–Kier alpha value is -3.14. The molecule has 1 aromatic carbocycles. The molecule has 24 heavy (non-hydrogen) atoms. The minimum absolute atomic E-state index is 0.600. The summed E-state index contributed by atoms with van der Waals surface area (Å²) in [6.07, 6.45) is 5.61. The van der Waals surface area contributed by atoms with Gasteiger partial charge in [0.05, 0.1) is 24.1 Å². The molecule has 118 valence electrons. The van der Waals surface area contributed by atoms with E-state index in [0.29, 0.717) is 6.61 Å². The van der Waals surface area contributed by atoms with Gasteiger partial charge in [0.15, 0.2) is 0 Å². The summed E-state index contributed by atoms with van der Waals surface area (Å²) < 4.78 is 8.01. The molecule has 0 aliphatic heterocycles. The van der Waals surface area contributed by atoms with Crippen molar-refractivity contribution < 1.29 is 4.74 Å². The zero-order valence-corrected chi connectivity index (χ0v) is 13.2. The van der Waals surface area contributed by atoms with Gasteiger partial charge in [0.25, 0.3) is 0 Å². The molecule has 3 heterocycles. The van der Waals surface area contributed by atoms with Gasteiger partial charge in [0.2, 0.25) is 0 Å². The van der Waals surface area contributed by atoms with Crippen LogP contribution in [0, 0.1) is 0 Å². The van der Waals surface area contributed by atoms with Crippen molar-refractivity contribution in [3.8, 4) is 17.1 Å². The van der Waals surface area contributed by atoms with Crippen LogP contribution in [0.2, 0.25) is 0 Å². The number of aromatic nitrogens is 3. The highest BCUT2D eigenvalue weighted by Gasteiger charge is 2.02. The fourth-order valence-electron chi connectivity index (χ4n) is 2.73. The molecule has 4 heteroatoms. The van der Waals surface area contributed by atoms with E-state index in [-0.39, 0.29) is 0 Å². The van der Waals surface area contributed by atoms with Gasteiger partial charge in [-0.3, -0.25) is 9.97 Å². The maximum absolute atomic E-state index is 5.82. The Kier molecular flexibility index (Phi) is 3.94. The molecule has 0 spiro atoms. The van der Waals surface area contributed by atoms with Gasteiger partial charge in [-0.1, -0.05) is 24.3 Å². The van der Waals surface area contributed by atoms with E-state index in [1.165, 1.54) is 10.9 Å². The molecule has 0 fully saturated rings. The van der Waals surface area contributed by atoms with Crippen LogP contribution in [0.15, 0.2) is 79.3 Å². The van der Waals surface area contributed by atoms with E-state index in [9.17, 15) is 0 Å². The highest BCUT2D eigenvalue weighted by atomic mass is 16.5. The van der Waals surface area contributed by atoms with Crippen molar-refractivity contribution in [1.82, 2.24) is 14.5 Å². The lowest BCUT2D eigenvalue weighted by Crippen LogP contribution is -2.07. The van der Waals surface area contributed by atoms with Gasteiger partial charge in [-0.15, -0.1) is 0 Å². The normalized spacial score (nSPS) is 10.8. The highest BCUT2D eigenvalue weighted by molar-refractivity contribution is 5.79. The zero-order chi connectivity index (χ0) is 16.2. The SMILES string of the molecule is c1ccc(-c2ccc(OCCn3ccc4ccccc43)cn2)nc1. The Balaban J connectivity index is 1.39. The van der Waals surface area contributed by atoms with Crippen LogP contribution < -0.4 is 4.74 Å². The molecule has 4 nitrogen and oxygen atoms in total. The molecule has 0 aliphatic carbocycles. The molecule has 0 aliphatic rings. The van der Waals surface area contributed by atoms with Gasteiger partial charge in [-0.2, -0.15) is 0 Å². The molecule has 0 unspecified atom stereocenters. The van der Waals surface area contributed by atoms with Gasteiger partial charge in [0.1, 0.15) is 12.4 Å². The molecule has 4 rings (SSSR count). The molecular weight excluding hydrogens is 298 g/mol. The standard InChI is InChI=1S/C20H17N3O/c1-2-7-20-16(5-1)10-12-23(20)13-14-24-17-8-9-19(22-15-17)18-6-3-4-11-21-18/h1-12,15H,13-14H2. The minimum Gasteiger partial charge on any atom is -0.490 e. The molecule has 0 amide bonds. The molecule has 4 aromatic rings. The third-order valence-electron chi connectivity index (χ3n) is 3.94. The van der Waals surface area contributed by atoms with Crippen molar-refractivity contribution >= 4 is 10.9 Å². The largest absolute Gasteiger partial charge is 0.490 e. The first-order chi connectivity index (χ1) is 11.9. The van der Waals surface area contributed by atoms with Gasteiger partial charge >= 0.3 is 0 Å². The number of nitrogens with zero attached hydrogens (tertiary/aromatic N) is 3. The smallest absolute Gasteiger partial charge is 0.137 e. The predicted molar refractivity (Wildman–Crippen MR) is 94.9 cm³/mol. The lowest BCUT2D eigenvalue weighted by Gasteiger charge is -2.08. The number of pyridine rings is 2. The van der Waals surface area contributed by atoms with E-state index in [2.05, 4.69) is 51.1 Å². The van der Waals surface area contributed by atoms with Crippen molar-refractivity contribution in [1.29, 1.82) is 0 Å². The first-order valence-electron chi connectivity index (χ1n) is 7.94. The number of fused-ring (bicyclic) bond motifs is 1. The maximum Gasteiger partial charge on any atom is 0.137 e. The third kappa shape index (κ3) is 2.99. The van der Waals surface area contributed by atoms with Crippen molar-refractivity contribution in [2.45, 2.75) is 6.54 Å². The number of ether oxygens (including phenoxy) is 1. The van der Waals surface area contributed by atoms with Crippen LogP contribution in [-0.4, -0.2) is 21.1 Å². The van der Waals surface area contributed by atoms with Gasteiger partial charge in [0, 0.05) is 17.9 Å². The first-order valence-corrected chi connectivity index (χ1v) is 7.94. The fourth-order valence-corrected chi connectivity index (χ4v) is 2.73. The molecule has 0 saturated heterocycles. The van der Waals surface area contributed by atoms with Crippen LogP contribution in [0.4, 0.5) is 0 Å². The van der Waals surface area contributed by atoms with E-state index < -0.39 is 0 Å². The second kappa shape index (κ2) is 6.54. The Bertz CT molecular complexity index is 930. The highest BCUT2D eigenvalue weighted by Crippen LogP contribution is 2.18. The summed E-state index contributed by atoms with van der Waals surface area (Å²) >= 11 is 0. The molecular formula is C20H17N3O.